The van der Waals surface area contributed by atoms with Gasteiger partial charge in [0.15, 0.2) is 16.5 Å². The highest BCUT2D eigenvalue weighted by Gasteiger charge is 2.49. The molecule has 11 heteroatoms. The van der Waals surface area contributed by atoms with Crippen molar-refractivity contribution in [2.75, 3.05) is 20.3 Å². The molecule has 0 atom stereocenters. The molecule has 1 N–H and O–H groups in total. The molecule has 0 radical (unpaired) electrons. The number of sulfone groups is 1. The Morgan fingerprint density at radius 2 is 1.81 bits per heavy atom. The molecule has 0 aliphatic carbocycles. The molecule has 1 heterocycles. The molecule has 7 nitrogen and oxygen atoms in total. The lowest BCUT2D eigenvalue weighted by Gasteiger charge is -2.13. The number of nitrogens with one attached hydrogen (secondary N) is 1. The van der Waals surface area contributed by atoms with Crippen LogP contribution in [-0.2, 0) is 9.84 Å². The number of nitrogens with zero attached hydrogens (tertiary/aromatic N) is 1. The highest BCUT2D eigenvalue weighted by Crippen LogP contribution is 2.30. The topological polar surface area (TPSA) is 94.6 Å². The maximum atomic E-state index is 12.7. The number of alkyl halides is 3. The number of halogens is 3. The minimum atomic E-state index is -5.75. The van der Waals surface area contributed by atoms with E-state index in [2.05, 4.69) is 10.3 Å². The van der Waals surface area contributed by atoms with Crippen molar-refractivity contribution >= 4 is 15.7 Å². The SMILES string of the molecule is COc1ccccc1OCCNC(=O)c1cccnc1S(=O)(=O)C(F)(F)F. The molecule has 1 amide bonds. The molecular formula is C16H15F3N2O5S. The van der Waals surface area contributed by atoms with Crippen molar-refractivity contribution in [3.63, 3.8) is 0 Å². The molecule has 0 bridgehead atoms. The first-order valence-corrected chi connectivity index (χ1v) is 8.97. The Kier molecular flexibility index (Phi) is 6.26. The summed E-state index contributed by atoms with van der Waals surface area (Å²) in [7, 11) is -4.30. The fourth-order valence-electron chi connectivity index (χ4n) is 2.05. The average molecular weight is 404 g/mol. The standard InChI is InChI=1S/C16H15F3N2O5S/c1-25-12-6-2-3-7-13(12)26-10-9-20-14(22)11-5-4-8-21-15(11)27(23,24)16(17,18)19/h2-8H,9-10H2,1H3,(H,20,22). The number of rotatable bonds is 7. The summed E-state index contributed by atoms with van der Waals surface area (Å²) in [5, 5.41) is 0.947. The second-order valence-electron chi connectivity index (χ2n) is 5.06. The van der Waals surface area contributed by atoms with E-state index in [0.717, 1.165) is 18.3 Å². The number of ether oxygens (including phenoxy) is 2. The van der Waals surface area contributed by atoms with Crippen molar-refractivity contribution in [1.29, 1.82) is 0 Å². The number of methoxy groups -OCH3 is 1. The lowest BCUT2D eigenvalue weighted by molar-refractivity contribution is -0.0438. The highest BCUT2D eigenvalue weighted by atomic mass is 32.2. The van der Waals surface area contributed by atoms with Gasteiger partial charge in [0, 0.05) is 6.20 Å². The van der Waals surface area contributed by atoms with E-state index in [-0.39, 0.29) is 13.2 Å². The predicted octanol–water partition coefficient (Wildman–Crippen LogP) is 2.19. The Hall–Kier alpha value is -2.82. The Labute approximate surface area is 153 Å². The maximum Gasteiger partial charge on any atom is 0.503 e. The molecule has 0 fully saturated rings. The number of carbonyl (C=O) groups is 1. The average Bonchev–Trinajstić information content (AvgIpc) is 2.64. The fraction of sp³-hybridized carbons (Fsp3) is 0.250. The molecule has 1 aromatic heterocycles. The second kappa shape index (κ2) is 8.25. The van der Waals surface area contributed by atoms with Crippen LogP contribution in [0.3, 0.4) is 0 Å². The summed E-state index contributed by atoms with van der Waals surface area (Å²) in [6.45, 7) is -0.106. The van der Waals surface area contributed by atoms with Crippen molar-refractivity contribution in [2.24, 2.45) is 0 Å². The molecule has 2 rings (SSSR count). The molecule has 0 spiro atoms. The van der Waals surface area contributed by atoms with Gasteiger partial charge in [0.25, 0.3) is 15.7 Å². The molecule has 146 valence electrons. The first-order valence-electron chi connectivity index (χ1n) is 7.49. The van der Waals surface area contributed by atoms with Crippen molar-refractivity contribution in [3.05, 3.63) is 48.2 Å². The van der Waals surface area contributed by atoms with Gasteiger partial charge in [0.1, 0.15) is 6.61 Å². The van der Waals surface area contributed by atoms with Crippen LogP contribution in [-0.4, -0.2) is 45.1 Å². The monoisotopic (exact) mass is 404 g/mol. The van der Waals surface area contributed by atoms with E-state index < -0.39 is 31.8 Å². The lowest BCUT2D eigenvalue weighted by atomic mass is 10.2. The van der Waals surface area contributed by atoms with Gasteiger partial charge in [-0.3, -0.25) is 4.79 Å². The van der Waals surface area contributed by atoms with E-state index in [9.17, 15) is 26.4 Å². The molecule has 27 heavy (non-hydrogen) atoms. The zero-order valence-corrected chi connectivity index (χ0v) is 14.8. The zero-order chi connectivity index (χ0) is 20.1. The molecule has 2 aromatic rings. The van der Waals surface area contributed by atoms with Gasteiger partial charge in [-0.05, 0) is 24.3 Å². The van der Waals surface area contributed by atoms with E-state index in [1.54, 1.807) is 24.3 Å². The summed E-state index contributed by atoms with van der Waals surface area (Å²) in [6, 6.07) is 8.85. The largest absolute Gasteiger partial charge is 0.503 e. The van der Waals surface area contributed by atoms with Crippen LogP contribution < -0.4 is 14.8 Å². The minimum Gasteiger partial charge on any atom is -0.493 e. The van der Waals surface area contributed by atoms with Crippen LogP contribution in [0.2, 0.25) is 0 Å². The molecule has 0 aliphatic heterocycles. The number of para-hydroxylation sites is 2. The van der Waals surface area contributed by atoms with Crippen molar-refractivity contribution in [3.8, 4) is 11.5 Å². The number of amides is 1. The van der Waals surface area contributed by atoms with Crippen molar-refractivity contribution in [2.45, 2.75) is 10.5 Å². The normalized spacial score (nSPS) is 11.7. The summed E-state index contributed by atoms with van der Waals surface area (Å²) in [5.74, 6) is -0.139. The molecule has 0 saturated heterocycles. The first-order chi connectivity index (χ1) is 12.7. The molecule has 0 aliphatic rings. The summed E-state index contributed by atoms with van der Waals surface area (Å²) in [4.78, 5) is 15.3. The lowest BCUT2D eigenvalue weighted by Crippen LogP contribution is -2.32. The number of benzene rings is 1. The van der Waals surface area contributed by atoms with E-state index >= 15 is 0 Å². The number of hydrogen-bond donors (Lipinski definition) is 1. The molecule has 0 unspecified atom stereocenters. The number of pyridine rings is 1. The Bertz CT molecular complexity index is 916. The van der Waals surface area contributed by atoms with Gasteiger partial charge in [-0.25, -0.2) is 13.4 Å². The van der Waals surface area contributed by atoms with Gasteiger partial charge in [0.05, 0.1) is 19.2 Å². The summed E-state index contributed by atoms with van der Waals surface area (Å²) in [6.07, 6.45) is 0.861. The smallest absolute Gasteiger partial charge is 0.493 e. The van der Waals surface area contributed by atoms with Crippen LogP contribution in [0.15, 0.2) is 47.6 Å². The van der Waals surface area contributed by atoms with Gasteiger partial charge in [-0.2, -0.15) is 13.2 Å². The number of aromatic nitrogens is 1. The van der Waals surface area contributed by atoms with Gasteiger partial charge in [-0.1, -0.05) is 12.1 Å². The van der Waals surface area contributed by atoms with E-state index in [0.29, 0.717) is 11.5 Å². The van der Waals surface area contributed by atoms with Crippen molar-refractivity contribution in [1.82, 2.24) is 10.3 Å². The van der Waals surface area contributed by atoms with Crippen LogP contribution >= 0.6 is 0 Å². The van der Waals surface area contributed by atoms with E-state index in [1.807, 2.05) is 0 Å². The van der Waals surface area contributed by atoms with Crippen molar-refractivity contribution < 1.29 is 35.9 Å². The third-order valence-corrected chi connectivity index (χ3v) is 4.73. The van der Waals surface area contributed by atoms with Crippen LogP contribution in [0.25, 0.3) is 0 Å². The van der Waals surface area contributed by atoms with Crippen LogP contribution in [0.1, 0.15) is 10.4 Å². The Balaban J connectivity index is 2.05. The highest BCUT2D eigenvalue weighted by molar-refractivity contribution is 7.92. The summed E-state index contributed by atoms with van der Waals surface area (Å²) in [5.41, 5.74) is -6.27. The van der Waals surface area contributed by atoms with Crippen LogP contribution in [0, 0.1) is 0 Å². The Morgan fingerprint density at radius 1 is 1.15 bits per heavy atom. The minimum absolute atomic E-state index is 0.0201. The third kappa shape index (κ3) is 4.67. The first kappa shape index (κ1) is 20.5. The van der Waals surface area contributed by atoms with Gasteiger partial charge < -0.3 is 14.8 Å². The molecular weight excluding hydrogens is 389 g/mol. The zero-order valence-electron chi connectivity index (χ0n) is 14.0. The second-order valence-corrected chi connectivity index (χ2v) is 6.92. The Morgan fingerprint density at radius 3 is 2.44 bits per heavy atom. The maximum absolute atomic E-state index is 12.7. The van der Waals surface area contributed by atoms with Gasteiger partial charge in [0.2, 0.25) is 0 Å². The predicted molar refractivity (Wildman–Crippen MR) is 88.3 cm³/mol. The number of carbonyl (C=O) groups excluding carboxylic acids is 1. The van der Waals surface area contributed by atoms with E-state index in [4.69, 9.17) is 9.47 Å². The molecule has 0 saturated carbocycles. The van der Waals surface area contributed by atoms with E-state index in [1.165, 1.54) is 7.11 Å². The van der Waals surface area contributed by atoms with Crippen LogP contribution in [0.5, 0.6) is 11.5 Å². The van der Waals surface area contributed by atoms with Crippen LogP contribution in [0.4, 0.5) is 13.2 Å². The third-order valence-electron chi connectivity index (χ3n) is 3.29. The fourth-order valence-corrected chi connectivity index (χ4v) is 2.92. The van der Waals surface area contributed by atoms with Gasteiger partial charge >= 0.3 is 5.51 Å². The van der Waals surface area contributed by atoms with Gasteiger partial charge in [-0.15, -0.1) is 0 Å². The number of hydrogen-bond acceptors (Lipinski definition) is 6. The summed E-state index contributed by atoms with van der Waals surface area (Å²) < 4.78 is 71.8. The molecule has 1 aromatic carbocycles. The quantitative estimate of drug-likeness (QED) is 0.711. The summed E-state index contributed by atoms with van der Waals surface area (Å²) >= 11 is 0.